The molecule has 5 aliphatic heterocycles. The molecule has 0 fully saturated rings. The average Bonchev–Trinajstić information content (AvgIpc) is 3.89. The van der Waals surface area contributed by atoms with Gasteiger partial charge in [-0.3, -0.25) is 0 Å². The first-order chi connectivity index (χ1) is 28.1. The highest BCUT2D eigenvalue weighted by molar-refractivity contribution is 6.18. The molecule has 0 saturated heterocycles. The largest absolute Gasteiger partial charge is 0.319 e. The molecular weight excluding hydrogens is 695 g/mol. The van der Waals surface area contributed by atoms with E-state index in [4.69, 9.17) is 0 Å². The zero-order valence-electron chi connectivity index (χ0n) is 31.2. The highest BCUT2D eigenvalue weighted by Gasteiger charge is 2.71. The second kappa shape index (κ2) is 8.59. The van der Waals surface area contributed by atoms with Gasteiger partial charge in [-0.15, -0.1) is 0 Å². The predicted molar refractivity (Wildman–Crippen MR) is 228 cm³/mol. The lowest BCUT2D eigenvalue weighted by Crippen LogP contribution is -2.76. The van der Waals surface area contributed by atoms with Crippen LogP contribution in [-0.4, -0.2) is 9.13 Å². The lowest BCUT2D eigenvalue weighted by atomic mass is 9.69. The molecule has 1 spiro atoms. The molecule has 9 heterocycles. The summed E-state index contributed by atoms with van der Waals surface area (Å²) in [5, 5.41) is 10.2. The molecule has 0 aliphatic carbocycles. The Labute approximate surface area is 326 Å². The lowest BCUT2D eigenvalue weighted by molar-refractivity contribution is -0.930. The third kappa shape index (κ3) is 2.65. The molecule has 5 aliphatic rings. The molecule has 0 N–H and O–H groups in total. The van der Waals surface area contributed by atoms with Crippen molar-refractivity contribution in [3.05, 3.63) is 174 Å². The minimum Gasteiger partial charge on any atom is -0.308 e. The molecule has 1 unspecified atom stereocenters. The van der Waals surface area contributed by atoms with Crippen LogP contribution in [0.1, 0.15) is 36.1 Å². The summed E-state index contributed by atoms with van der Waals surface area (Å²) in [5.41, 5.74) is 15.9. The van der Waals surface area contributed by atoms with E-state index in [2.05, 4.69) is 189 Å². The van der Waals surface area contributed by atoms with Gasteiger partial charge in [-0.25, -0.2) is 0 Å². The van der Waals surface area contributed by atoms with E-state index in [1.807, 2.05) is 0 Å². The Kier molecular flexibility index (Phi) is 4.25. The van der Waals surface area contributed by atoms with Crippen molar-refractivity contribution >= 4 is 82.3 Å². The van der Waals surface area contributed by atoms with Gasteiger partial charge in [-0.05, 0) is 65.4 Å². The first kappa shape index (κ1) is 28.2. The summed E-state index contributed by atoms with van der Waals surface area (Å²) in [7, 11) is 0. The molecule has 4 aromatic heterocycles. The Morgan fingerprint density at radius 3 is 1.77 bits per heavy atom. The van der Waals surface area contributed by atoms with Gasteiger partial charge in [0.1, 0.15) is 22.3 Å². The normalized spacial score (nSPS) is 17.8. The quantitative estimate of drug-likeness (QED) is 0.143. The first-order valence-electron chi connectivity index (χ1n) is 20.1. The second-order valence-corrected chi connectivity index (χ2v) is 17.3. The smallest absolute Gasteiger partial charge is 0.308 e. The molecule has 11 aromatic rings. The zero-order chi connectivity index (χ0) is 36.8. The fraction of sp³-hybridized carbons (Fsp3) is 0.0769. The molecule has 262 valence electrons. The van der Waals surface area contributed by atoms with E-state index in [0.29, 0.717) is 0 Å². The Morgan fingerprint density at radius 1 is 0.439 bits per heavy atom. The van der Waals surface area contributed by atoms with Crippen molar-refractivity contribution in [1.29, 1.82) is 0 Å². The van der Waals surface area contributed by atoms with Gasteiger partial charge in [0.15, 0.2) is 22.6 Å². The van der Waals surface area contributed by atoms with E-state index in [0.717, 1.165) is 0 Å². The average molecular weight is 726 g/mol. The number of hydrogen-bond donors (Lipinski definition) is 0. The highest BCUT2D eigenvalue weighted by Crippen LogP contribution is 2.64. The topological polar surface area (TPSA) is 20.9 Å². The monoisotopic (exact) mass is 725 g/mol. The summed E-state index contributed by atoms with van der Waals surface area (Å²) >= 11 is 0. The Bertz CT molecular complexity index is 3860. The maximum atomic E-state index is 2.79. The highest BCUT2D eigenvalue weighted by atomic mass is 15.5. The van der Waals surface area contributed by atoms with E-state index >= 15 is 0 Å². The fourth-order valence-corrected chi connectivity index (χ4v) is 12.6. The van der Waals surface area contributed by atoms with Crippen LogP contribution in [0.15, 0.2) is 152 Å². The number of aromatic nitrogens is 4. The molecule has 57 heavy (non-hydrogen) atoms. The van der Waals surface area contributed by atoms with Gasteiger partial charge in [0.05, 0.1) is 16.7 Å². The standard InChI is InChI=1S/C52H31N5/c1-51(2)36-19-9-12-22-40(36)55-43-26-29-14-4-6-16-31(29)49-48-30-15-5-3-13-28(30)25-42-54-39-21-11-7-17-32(39)34-23-24-41-44(46(34)54)52(56(42)48,57(43)49)45-47-35(27-37(51)50(45)55)33-18-8-10-20-38(33)53(41)47/h3-27H,1-2H3/q+2. The number of para-hydroxylation sites is 3. The number of fused-ring (bicyclic) bond motifs is 16. The van der Waals surface area contributed by atoms with Gasteiger partial charge in [-0.1, -0.05) is 98.8 Å². The molecule has 0 amide bonds. The number of anilines is 3. The van der Waals surface area contributed by atoms with Crippen molar-refractivity contribution < 1.29 is 9.13 Å². The lowest BCUT2D eigenvalue weighted by Gasteiger charge is -2.46. The molecule has 7 aromatic carbocycles. The van der Waals surface area contributed by atoms with Gasteiger partial charge in [0.2, 0.25) is 0 Å². The van der Waals surface area contributed by atoms with Crippen molar-refractivity contribution in [3.63, 3.8) is 0 Å². The molecule has 1 atom stereocenters. The van der Waals surface area contributed by atoms with E-state index in [9.17, 15) is 0 Å². The number of nitrogens with zero attached hydrogens (tertiary/aromatic N) is 5. The van der Waals surface area contributed by atoms with E-state index in [1.54, 1.807) is 0 Å². The van der Waals surface area contributed by atoms with Gasteiger partial charge in [-0.2, -0.15) is 18.6 Å². The van der Waals surface area contributed by atoms with Crippen LogP contribution in [0, 0.1) is 0 Å². The molecule has 5 heteroatoms. The van der Waals surface area contributed by atoms with E-state index in [1.165, 1.54) is 127 Å². The Hall–Kier alpha value is -7.24. The molecular formula is C52H31N5+2. The molecule has 5 nitrogen and oxygen atoms in total. The summed E-state index contributed by atoms with van der Waals surface area (Å²) in [4.78, 5) is 2.65. The van der Waals surface area contributed by atoms with Crippen LogP contribution >= 0.6 is 0 Å². The first-order valence-corrected chi connectivity index (χ1v) is 20.1. The van der Waals surface area contributed by atoms with Crippen LogP contribution in [0.25, 0.3) is 88.0 Å². The van der Waals surface area contributed by atoms with Crippen LogP contribution in [0.4, 0.5) is 17.2 Å². The molecule has 16 rings (SSSR count). The van der Waals surface area contributed by atoms with Crippen LogP contribution in [0.3, 0.4) is 0 Å². The number of hydrogen-bond acceptors (Lipinski definition) is 1. The summed E-state index contributed by atoms with van der Waals surface area (Å²) < 4.78 is 10.8. The van der Waals surface area contributed by atoms with Crippen molar-refractivity contribution in [3.8, 4) is 22.9 Å². The summed E-state index contributed by atoms with van der Waals surface area (Å²) in [5.74, 6) is 2.41. The van der Waals surface area contributed by atoms with Crippen molar-refractivity contribution in [2.24, 2.45) is 0 Å². The van der Waals surface area contributed by atoms with Crippen molar-refractivity contribution in [2.75, 3.05) is 4.90 Å². The minimum absolute atomic E-state index is 0.261. The third-order valence-electron chi connectivity index (χ3n) is 14.6. The summed E-state index contributed by atoms with van der Waals surface area (Å²) in [6, 6.07) is 57.9. The van der Waals surface area contributed by atoms with Crippen LogP contribution < -0.4 is 14.0 Å². The number of benzene rings is 7. The molecule has 0 radical (unpaired) electrons. The maximum absolute atomic E-state index is 2.79. The molecule has 0 saturated carbocycles. The van der Waals surface area contributed by atoms with Gasteiger partial charge < -0.3 is 4.57 Å². The zero-order valence-corrected chi connectivity index (χ0v) is 31.2. The van der Waals surface area contributed by atoms with Gasteiger partial charge >= 0.3 is 5.66 Å². The maximum Gasteiger partial charge on any atom is 0.319 e. The van der Waals surface area contributed by atoms with Gasteiger partial charge in [0, 0.05) is 61.0 Å². The second-order valence-electron chi connectivity index (χ2n) is 17.3. The van der Waals surface area contributed by atoms with Crippen molar-refractivity contribution in [2.45, 2.75) is 24.9 Å². The summed E-state index contributed by atoms with van der Waals surface area (Å²) in [6.07, 6.45) is 0. The van der Waals surface area contributed by atoms with Crippen LogP contribution in [-0.2, 0) is 11.1 Å². The van der Waals surface area contributed by atoms with E-state index in [-0.39, 0.29) is 5.41 Å². The van der Waals surface area contributed by atoms with E-state index < -0.39 is 5.66 Å². The Balaban J connectivity index is 1.31. The SMILES string of the molecule is CC1(C)c2ccccc2N2c3c1cc1c4ccccc4n4c1c3C13c5c-4ccc4c6ccccc6n(c54)-c4cc5ccccc5c([n+]41)-c1c4ccccc4cc2[n+]13. The Morgan fingerprint density at radius 2 is 1.02 bits per heavy atom. The van der Waals surface area contributed by atoms with Crippen LogP contribution in [0.2, 0.25) is 0 Å². The third-order valence-corrected chi connectivity index (χ3v) is 14.6. The predicted octanol–water partition coefficient (Wildman–Crippen LogP) is 11.1. The van der Waals surface area contributed by atoms with Crippen molar-refractivity contribution in [1.82, 2.24) is 9.13 Å². The minimum atomic E-state index is -0.727. The van der Waals surface area contributed by atoms with Crippen LogP contribution in [0.5, 0.6) is 0 Å². The number of rotatable bonds is 0. The van der Waals surface area contributed by atoms with Gasteiger partial charge in [0.25, 0.3) is 11.6 Å². The summed E-state index contributed by atoms with van der Waals surface area (Å²) in [6.45, 7) is 4.89. The number of pyridine rings is 2. The fourth-order valence-electron chi connectivity index (χ4n) is 12.6. The molecule has 0 bridgehead atoms.